The summed E-state index contributed by atoms with van der Waals surface area (Å²) in [6, 6.07) is 10.0. The van der Waals surface area contributed by atoms with Crippen LogP contribution < -0.4 is 9.92 Å². The number of benzene rings is 2. The molecule has 0 bridgehead atoms. The zero-order valence-electron chi connectivity index (χ0n) is 19.6. The van der Waals surface area contributed by atoms with Crippen LogP contribution in [0, 0.1) is 5.82 Å². The topological polar surface area (TPSA) is 146 Å². The predicted octanol–water partition coefficient (Wildman–Crippen LogP) is 1.81. The lowest BCUT2D eigenvalue weighted by Gasteiger charge is -2.27. The molecule has 2 N–H and O–H groups in total. The fourth-order valence-corrected chi connectivity index (χ4v) is 4.97. The highest BCUT2D eigenvalue weighted by atomic mass is 32.2. The first-order valence-corrected chi connectivity index (χ1v) is 12.2. The standard InChI is InChI=1S/C24H20FN7O4S/c1-31-12-21(29-14-31)37(34,35)36-18-5-3-4-16(8-18)24(22(33)32(2)23(26)30-24)17-6-7-20(25)19(9-17)15-10-27-13-28-11-15/h3-14H,1-2H3,(H2,26,30). The van der Waals surface area contributed by atoms with Gasteiger partial charge in [0.25, 0.3) is 5.91 Å². The van der Waals surface area contributed by atoms with Crippen molar-refractivity contribution in [1.82, 2.24) is 24.4 Å². The number of imidazole rings is 1. The molecule has 37 heavy (non-hydrogen) atoms. The average Bonchev–Trinajstić information content (AvgIpc) is 3.43. The number of nitrogens with two attached hydrogens (primary N) is 1. The smallest absolute Gasteiger partial charge is 0.358 e. The fraction of sp³-hybridized carbons (Fsp3) is 0.125. The summed E-state index contributed by atoms with van der Waals surface area (Å²) in [5, 5.41) is -0.276. The van der Waals surface area contributed by atoms with Crippen molar-refractivity contribution in [1.29, 1.82) is 0 Å². The van der Waals surface area contributed by atoms with Crippen molar-refractivity contribution < 1.29 is 21.8 Å². The molecular formula is C24H20FN7O4S. The Morgan fingerprint density at radius 2 is 1.78 bits per heavy atom. The quantitative estimate of drug-likeness (QED) is 0.378. The first kappa shape index (κ1) is 24.1. The number of aromatic nitrogens is 4. The molecule has 0 saturated carbocycles. The Bertz CT molecular complexity index is 1660. The highest BCUT2D eigenvalue weighted by Crippen LogP contribution is 2.42. The Kier molecular flexibility index (Phi) is 5.71. The van der Waals surface area contributed by atoms with E-state index in [0.717, 1.165) is 0 Å². The fourth-order valence-electron chi connectivity index (χ4n) is 4.05. The molecule has 188 valence electrons. The van der Waals surface area contributed by atoms with E-state index in [0.29, 0.717) is 11.1 Å². The Morgan fingerprint density at radius 3 is 2.43 bits per heavy atom. The lowest BCUT2D eigenvalue weighted by molar-refractivity contribution is -0.129. The van der Waals surface area contributed by atoms with Crippen LogP contribution in [-0.4, -0.2) is 51.8 Å². The van der Waals surface area contributed by atoms with Gasteiger partial charge in [-0.3, -0.25) is 9.69 Å². The van der Waals surface area contributed by atoms with Gasteiger partial charge in [-0.25, -0.2) is 24.3 Å². The highest BCUT2D eigenvalue weighted by Gasteiger charge is 2.50. The molecule has 11 nitrogen and oxygen atoms in total. The second-order valence-corrected chi connectivity index (χ2v) is 9.80. The van der Waals surface area contributed by atoms with Gasteiger partial charge in [-0.05, 0) is 35.4 Å². The monoisotopic (exact) mass is 521 g/mol. The normalized spacial score (nSPS) is 17.6. The van der Waals surface area contributed by atoms with Gasteiger partial charge in [0.15, 0.2) is 11.5 Å². The second-order valence-electron chi connectivity index (χ2n) is 8.31. The SMILES string of the molecule is CN1C(=O)C(c2cccc(OS(=O)(=O)c3cn(C)cn3)c2)(c2ccc(F)c(-c3cncnc3)c2)N=C1N. The zero-order valence-corrected chi connectivity index (χ0v) is 20.4. The first-order valence-electron chi connectivity index (χ1n) is 10.8. The first-order chi connectivity index (χ1) is 17.6. The van der Waals surface area contributed by atoms with Gasteiger partial charge in [-0.2, -0.15) is 8.42 Å². The van der Waals surface area contributed by atoms with Gasteiger partial charge in [0.05, 0.1) is 6.33 Å². The number of carbonyl (C=O) groups excluding carboxylic acids is 1. The molecule has 0 aliphatic carbocycles. The molecule has 0 spiro atoms. The van der Waals surface area contributed by atoms with E-state index >= 15 is 0 Å². The summed E-state index contributed by atoms with van der Waals surface area (Å²) in [5.41, 5.74) is 5.42. The van der Waals surface area contributed by atoms with Crippen LogP contribution in [0.5, 0.6) is 5.75 Å². The van der Waals surface area contributed by atoms with Gasteiger partial charge in [0.1, 0.15) is 17.9 Å². The Morgan fingerprint density at radius 1 is 1.05 bits per heavy atom. The summed E-state index contributed by atoms with van der Waals surface area (Å²) in [4.78, 5) is 31.0. The van der Waals surface area contributed by atoms with Crippen molar-refractivity contribution in [3.63, 3.8) is 0 Å². The molecule has 13 heteroatoms. The predicted molar refractivity (Wildman–Crippen MR) is 130 cm³/mol. The van der Waals surface area contributed by atoms with Crippen molar-refractivity contribution >= 4 is 22.0 Å². The van der Waals surface area contributed by atoms with Crippen molar-refractivity contribution in [3.8, 4) is 16.9 Å². The third-order valence-electron chi connectivity index (χ3n) is 5.89. The Labute approximate surface area is 211 Å². The molecular weight excluding hydrogens is 501 g/mol. The van der Waals surface area contributed by atoms with Crippen LogP contribution in [-0.2, 0) is 27.5 Å². The maximum atomic E-state index is 14.8. The average molecular weight is 522 g/mol. The minimum Gasteiger partial charge on any atom is -0.378 e. The van der Waals surface area contributed by atoms with Crippen molar-refractivity contribution in [3.05, 3.63) is 90.7 Å². The largest absolute Gasteiger partial charge is 0.378 e. The van der Waals surface area contributed by atoms with E-state index in [-0.39, 0.29) is 27.9 Å². The van der Waals surface area contributed by atoms with Crippen LogP contribution in [0.3, 0.4) is 0 Å². The highest BCUT2D eigenvalue weighted by molar-refractivity contribution is 7.87. The van der Waals surface area contributed by atoms with Gasteiger partial charge in [0.2, 0.25) is 5.03 Å². The summed E-state index contributed by atoms with van der Waals surface area (Å²) in [6.07, 6.45) is 6.83. The lowest BCUT2D eigenvalue weighted by atomic mass is 9.81. The van der Waals surface area contributed by atoms with Crippen LogP contribution in [0.25, 0.3) is 11.1 Å². The van der Waals surface area contributed by atoms with Crippen LogP contribution in [0.15, 0.2) is 83.7 Å². The Balaban J connectivity index is 1.65. The number of aliphatic imine (C=N–C) groups is 1. The zero-order chi connectivity index (χ0) is 26.4. The van der Waals surface area contributed by atoms with Gasteiger partial charge < -0.3 is 14.5 Å². The summed E-state index contributed by atoms with van der Waals surface area (Å²) >= 11 is 0. The van der Waals surface area contributed by atoms with Crippen LogP contribution in [0.2, 0.25) is 0 Å². The minimum atomic E-state index is -4.25. The molecule has 3 heterocycles. The van der Waals surface area contributed by atoms with E-state index in [4.69, 9.17) is 9.92 Å². The maximum Gasteiger partial charge on any atom is 0.358 e. The number of hydrogen-bond acceptors (Lipinski definition) is 9. The summed E-state index contributed by atoms with van der Waals surface area (Å²) < 4.78 is 47.1. The molecule has 0 fully saturated rings. The second kappa shape index (κ2) is 8.78. The number of hydrogen-bond donors (Lipinski definition) is 1. The number of carbonyl (C=O) groups is 1. The number of amides is 1. The van der Waals surface area contributed by atoms with Crippen molar-refractivity contribution in [2.24, 2.45) is 17.8 Å². The summed E-state index contributed by atoms with van der Waals surface area (Å²) in [7, 11) is -1.16. The molecule has 1 unspecified atom stereocenters. The molecule has 0 radical (unpaired) electrons. The number of rotatable bonds is 6. The number of aryl methyl sites for hydroxylation is 1. The number of halogens is 1. The molecule has 1 atom stereocenters. The van der Waals surface area contributed by atoms with E-state index in [1.807, 2.05) is 0 Å². The van der Waals surface area contributed by atoms with E-state index in [2.05, 4.69) is 19.9 Å². The molecule has 2 aromatic carbocycles. The lowest BCUT2D eigenvalue weighted by Crippen LogP contribution is -2.41. The third kappa shape index (κ3) is 4.08. The molecule has 4 aromatic rings. The molecule has 1 aliphatic rings. The number of nitrogens with zero attached hydrogens (tertiary/aromatic N) is 6. The molecule has 0 saturated heterocycles. The van der Waals surface area contributed by atoms with Crippen molar-refractivity contribution in [2.45, 2.75) is 10.6 Å². The molecule has 2 aromatic heterocycles. The number of likely N-dealkylation sites (N-methyl/N-ethyl adjacent to an activating group) is 1. The Hall–Kier alpha value is -4.65. The molecule has 1 amide bonds. The molecule has 1 aliphatic heterocycles. The van der Waals surface area contributed by atoms with E-state index in [1.165, 1.54) is 84.2 Å². The van der Waals surface area contributed by atoms with Crippen LogP contribution in [0.4, 0.5) is 4.39 Å². The van der Waals surface area contributed by atoms with E-state index < -0.39 is 27.4 Å². The van der Waals surface area contributed by atoms with Crippen LogP contribution in [0.1, 0.15) is 11.1 Å². The van der Waals surface area contributed by atoms with Crippen LogP contribution >= 0.6 is 0 Å². The maximum absolute atomic E-state index is 14.8. The van der Waals surface area contributed by atoms with Gasteiger partial charge in [-0.1, -0.05) is 18.2 Å². The van der Waals surface area contributed by atoms with Gasteiger partial charge in [0, 0.05) is 43.8 Å². The summed E-state index contributed by atoms with van der Waals surface area (Å²) in [5.74, 6) is -1.21. The third-order valence-corrected chi connectivity index (χ3v) is 7.03. The number of guanidine groups is 1. The van der Waals surface area contributed by atoms with Gasteiger partial charge in [-0.15, -0.1) is 0 Å². The van der Waals surface area contributed by atoms with Gasteiger partial charge >= 0.3 is 10.1 Å². The molecule has 5 rings (SSSR count). The summed E-state index contributed by atoms with van der Waals surface area (Å²) in [6.45, 7) is 0. The minimum absolute atomic E-state index is 0.0636. The van der Waals surface area contributed by atoms with Crippen molar-refractivity contribution in [2.75, 3.05) is 7.05 Å². The van der Waals surface area contributed by atoms with E-state index in [9.17, 15) is 17.6 Å². The van der Waals surface area contributed by atoms with E-state index in [1.54, 1.807) is 13.1 Å².